The number of aryl methyl sites for hydroxylation is 1. The van der Waals surface area contributed by atoms with E-state index in [1.54, 1.807) is 6.20 Å². The molecule has 1 atom stereocenters. The molecule has 1 fully saturated rings. The molecule has 0 aliphatic heterocycles. The van der Waals surface area contributed by atoms with E-state index in [1.807, 2.05) is 19.1 Å². The number of nitrogens with one attached hydrogen (secondary N) is 1. The molecule has 1 aromatic rings. The number of aromatic nitrogens is 1. The molecule has 21 heavy (non-hydrogen) atoms. The smallest absolute Gasteiger partial charge is 0.326 e. The van der Waals surface area contributed by atoms with Gasteiger partial charge in [0.15, 0.2) is 0 Å². The first kappa shape index (κ1) is 15.5. The zero-order valence-corrected chi connectivity index (χ0v) is 12.3. The fourth-order valence-electron chi connectivity index (χ4n) is 2.93. The number of carboxylic acids is 1. The van der Waals surface area contributed by atoms with Gasteiger partial charge in [0.1, 0.15) is 6.04 Å². The maximum absolute atomic E-state index is 12.1. The van der Waals surface area contributed by atoms with Gasteiger partial charge in [-0.05, 0) is 37.3 Å². The largest absolute Gasteiger partial charge is 0.480 e. The molecular weight excluding hydrogens is 268 g/mol. The molecule has 1 amide bonds. The monoisotopic (exact) mass is 290 g/mol. The van der Waals surface area contributed by atoms with Gasteiger partial charge in [-0.2, -0.15) is 0 Å². The van der Waals surface area contributed by atoms with Gasteiger partial charge in [0.25, 0.3) is 0 Å². The fourth-order valence-corrected chi connectivity index (χ4v) is 2.93. The molecule has 0 aromatic carbocycles. The Balaban J connectivity index is 1.98. The van der Waals surface area contributed by atoms with Crippen LogP contribution in [-0.2, 0) is 16.0 Å². The van der Waals surface area contributed by atoms with Gasteiger partial charge >= 0.3 is 5.97 Å². The Morgan fingerprint density at radius 1 is 1.38 bits per heavy atom. The van der Waals surface area contributed by atoms with Crippen molar-refractivity contribution in [3.8, 4) is 0 Å². The van der Waals surface area contributed by atoms with Crippen molar-refractivity contribution < 1.29 is 14.7 Å². The standard InChI is InChI=1S/C16H22N2O3/c1-11-6-5-9-17-13(11)10-14(19)18-15(16(20)21)12-7-3-2-4-8-12/h5-6,9,12,15H,2-4,7-8,10H2,1H3,(H,18,19)(H,20,21). The van der Waals surface area contributed by atoms with Crippen molar-refractivity contribution in [3.05, 3.63) is 29.6 Å². The van der Waals surface area contributed by atoms with Crippen LogP contribution in [0, 0.1) is 12.8 Å². The lowest BCUT2D eigenvalue weighted by Crippen LogP contribution is -2.47. The molecule has 1 unspecified atom stereocenters. The van der Waals surface area contributed by atoms with Crippen molar-refractivity contribution in [2.75, 3.05) is 0 Å². The van der Waals surface area contributed by atoms with Crippen LogP contribution < -0.4 is 5.32 Å². The second kappa shape index (κ2) is 7.20. The van der Waals surface area contributed by atoms with Gasteiger partial charge in [0.2, 0.25) is 5.91 Å². The third-order valence-electron chi connectivity index (χ3n) is 4.15. The Bertz CT molecular complexity index is 510. The van der Waals surface area contributed by atoms with Crippen LogP contribution in [0.2, 0.25) is 0 Å². The fraction of sp³-hybridized carbons (Fsp3) is 0.562. The molecule has 0 spiro atoms. The average Bonchev–Trinajstić information content (AvgIpc) is 2.48. The number of carboxylic acid groups (broad SMARTS) is 1. The summed E-state index contributed by atoms with van der Waals surface area (Å²) in [6, 6.07) is 2.94. The van der Waals surface area contributed by atoms with Gasteiger partial charge in [-0.1, -0.05) is 25.3 Å². The van der Waals surface area contributed by atoms with Crippen LogP contribution in [0.25, 0.3) is 0 Å². The number of nitrogens with zero attached hydrogens (tertiary/aromatic N) is 1. The third kappa shape index (κ3) is 4.28. The summed E-state index contributed by atoms with van der Waals surface area (Å²) in [5.41, 5.74) is 1.64. The second-order valence-corrected chi connectivity index (χ2v) is 5.73. The summed E-state index contributed by atoms with van der Waals surface area (Å²) < 4.78 is 0. The van der Waals surface area contributed by atoms with E-state index in [-0.39, 0.29) is 18.2 Å². The molecule has 2 rings (SSSR count). The van der Waals surface area contributed by atoms with Crippen molar-refractivity contribution in [3.63, 3.8) is 0 Å². The minimum atomic E-state index is -0.937. The zero-order valence-electron chi connectivity index (χ0n) is 12.3. The lowest BCUT2D eigenvalue weighted by molar-refractivity contribution is -0.143. The van der Waals surface area contributed by atoms with E-state index in [1.165, 1.54) is 0 Å². The maximum Gasteiger partial charge on any atom is 0.326 e. The molecule has 1 aromatic heterocycles. The summed E-state index contributed by atoms with van der Waals surface area (Å²) in [6.07, 6.45) is 6.77. The van der Waals surface area contributed by atoms with Crippen molar-refractivity contribution in [1.82, 2.24) is 10.3 Å². The average molecular weight is 290 g/mol. The zero-order chi connectivity index (χ0) is 15.2. The first-order valence-corrected chi connectivity index (χ1v) is 7.50. The predicted molar refractivity (Wildman–Crippen MR) is 78.8 cm³/mol. The number of aliphatic carboxylic acids is 1. The van der Waals surface area contributed by atoms with E-state index in [9.17, 15) is 14.7 Å². The molecule has 1 heterocycles. The minimum absolute atomic E-state index is 0.0463. The Hall–Kier alpha value is -1.91. The van der Waals surface area contributed by atoms with E-state index in [0.29, 0.717) is 5.69 Å². The highest BCUT2D eigenvalue weighted by molar-refractivity contribution is 5.85. The van der Waals surface area contributed by atoms with Crippen molar-refractivity contribution in [2.24, 2.45) is 5.92 Å². The first-order chi connectivity index (χ1) is 10.1. The van der Waals surface area contributed by atoms with Crippen LogP contribution in [0.3, 0.4) is 0 Å². The number of amides is 1. The van der Waals surface area contributed by atoms with Crippen molar-refractivity contribution in [2.45, 2.75) is 51.5 Å². The van der Waals surface area contributed by atoms with E-state index >= 15 is 0 Å². The number of hydrogen-bond acceptors (Lipinski definition) is 3. The Kier molecular flexibility index (Phi) is 5.31. The minimum Gasteiger partial charge on any atom is -0.480 e. The van der Waals surface area contributed by atoms with Crippen LogP contribution >= 0.6 is 0 Å². The molecule has 5 nitrogen and oxygen atoms in total. The lowest BCUT2D eigenvalue weighted by Gasteiger charge is -2.28. The molecule has 0 saturated heterocycles. The number of rotatable bonds is 5. The molecule has 114 valence electrons. The van der Waals surface area contributed by atoms with E-state index in [4.69, 9.17) is 0 Å². The van der Waals surface area contributed by atoms with Gasteiger partial charge in [-0.3, -0.25) is 9.78 Å². The molecule has 5 heteroatoms. The quantitative estimate of drug-likeness (QED) is 0.870. The number of hydrogen-bond donors (Lipinski definition) is 2. The van der Waals surface area contributed by atoms with Crippen LogP contribution in [0.4, 0.5) is 0 Å². The summed E-state index contributed by atoms with van der Waals surface area (Å²) >= 11 is 0. The normalized spacial score (nSPS) is 17.2. The van der Waals surface area contributed by atoms with Gasteiger partial charge in [-0.15, -0.1) is 0 Å². The highest BCUT2D eigenvalue weighted by atomic mass is 16.4. The predicted octanol–water partition coefficient (Wildman–Crippen LogP) is 2.08. The highest BCUT2D eigenvalue weighted by Crippen LogP contribution is 2.26. The first-order valence-electron chi connectivity index (χ1n) is 7.50. The Morgan fingerprint density at radius 3 is 2.71 bits per heavy atom. The van der Waals surface area contributed by atoms with Crippen LogP contribution in [0.5, 0.6) is 0 Å². The van der Waals surface area contributed by atoms with Gasteiger partial charge < -0.3 is 10.4 Å². The SMILES string of the molecule is Cc1cccnc1CC(=O)NC(C(=O)O)C1CCCCC1. The molecule has 0 bridgehead atoms. The Labute approximate surface area is 124 Å². The van der Waals surface area contributed by atoms with E-state index in [0.717, 1.165) is 37.7 Å². The summed E-state index contributed by atoms with van der Waals surface area (Å²) in [7, 11) is 0. The third-order valence-corrected chi connectivity index (χ3v) is 4.15. The summed E-state index contributed by atoms with van der Waals surface area (Å²) in [4.78, 5) is 27.7. The van der Waals surface area contributed by atoms with E-state index in [2.05, 4.69) is 10.3 Å². The molecule has 2 N–H and O–H groups in total. The highest BCUT2D eigenvalue weighted by Gasteiger charge is 2.30. The van der Waals surface area contributed by atoms with E-state index < -0.39 is 12.0 Å². The van der Waals surface area contributed by atoms with Crippen LogP contribution in [0.15, 0.2) is 18.3 Å². The van der Waals surface area contributed by atoms with Crippen molar-refractivity contribution in [1.29, 1.82) is 0 Å². The van der Waals surface area contributed by atoms with Gasteiger partial charge in [0.05, 0.1) is 12.1 Å². The summed E-state index contributed by atoms with van der Waals surface area (Å²) in [5, 5.41) is 12.0. The van der Waals surface area contributed by atoms with Gasteiger partial charge in [0, 0.05) is 6.20 Å². The number of carbonyl (C=O) groups excluding carboxylic acids is 1. The van der Waals surface area contributed by atoms with Crippen LogP contribution in [-0.4, -0.2) is 28.0 Å². The van der Waals surface area contributed by atoms with Gasteiger partial charge in [-0.25, -0.2) is 4.79 Å². The molecule has 1 aliphatic carbocycles. The topological polar surface area (TPSA) is 79.3 Å². The maximum atomic E-state index is 12.1. The molecular formula is C16H22N2O3. The number of pyridine rings is 1. The summed E-state index contributed by atoms with van der Waals surface area (Å²) in [6.45, 7) is 1.89. The second-order valence-electron chi connectivity index (χ2n) is 5.73. The lowest BCUT2D eigenvalue weighted by atomic mass is 9.84. The van der Waals surface area contributed by atoms with Crippen molar-refractivity contribution >= 4 is 11.9 Å². The Morgan fingerprint density at radius 2 is 2.10 bits per heavy atom. The molecule has 1 saturated carbocycles. The van der Waals surface area contributed by atoms with Crippen LogP contribution in [0.1, 0.15) is 43.4 Å². The molecule has 0 radical (unpaired) electrons. The molecule has 1 aliphatic rings. The number of carbonyl (C=O) groups is 2. The summed E-state index contributed by atoms with van der Waals surface area (Å²) in [5.74, 6) is -1.16.